The molecule has 2 N–H and O–H groups in total. The summed E-state index contributed by atoms with van der Waals surface area (Å²) < 4.78 is 10.9. The SMILES string of the molecule is CC[C@H](C)[C@@H]1NC(=O)[C@@H]2CCCN2C(=O)[C@@H](CC2CO2)OC(=O)CCCNC(=O)[C@H](C)N(C)C(=O)[C@H](C(C)C)N(C)C1=O. The number of hydrogen-bond donors (Lipinski definition) is 2. The smallest absolute Gasteiger partial charge is 0.306 e. The molecule has 3 rings (SSSR count). The summed E-state index contributed by atoms with van der Waals surface area (Å²) >= 11 is 0. The average molecular weight is 608 g/mol. The Morgan fingerprint density at radius 2 is 1.60 bits per heavy atom. The van der Waals surface area contributed by atoms with Crippen molar-refractivity contribution < 1.29 is 38.2 Å². The predicted octanol–water partition coefficient (Wildman–Crippen LogP) is 0.449. The fourth-order valence-corrected chi connectivity index (χ4v) is 5.70. The molecule has 3 saturated heterocycles. The van der Waals surface area contributed by atoms with Crippen molar-refractivity contribution in [2.75, 3.05) is 33.8 Å². The van der Waals surface area contributed by atoms with E-state index in [1.54, 1.807) is 14.0 Å². The van der Waals surface area contributed by atoms with Crippen LogP contribution in [0.5, 0.6) is 0 Å². The number of cyclic esters (lactones) is 1. The lowest BCUT2D eigenvalue weighted by molar-refractivity contribution is -0.162. The number of fused-ring (bicyclic) bond motifs is 1. The van der Waals surface area contributed by atoms with Gasteiger partial charge in [0, 0.05) is 40.0 Å². The Kier molecular flexibility index (Phi) is 11.9. The molecule has 0 aliphatic carbocycles. The normalized spacial score (nSPS) is 31.4. The summed E-state index contributed by atoms with van der Waals surface area (Å²) in [5.74, 6) is -3.31. The highest BCUT2D eigenvalue weighted by molar-refractivity contribution is 5.96. The summed E-state index contributed by atoms with van der Waals surface area (Å²) in [6, 6.07) is -3.49. The summed E-state index contributed by atoms with van der Waals surface area (Å²) in [5, 5.41) is 5.65. The number of epoxide rings is 1. The van der Waals surface area contributed by atoms with E-state index in [2.05, 4.69) is 10.6 Å². The first kappa shape index (κ1) is 34.3. The third-order valence-corrected chi connectivity index (χ3v) is 8.86. The van der Waals surface area contributed by atoms with Gasteiger partial charge in [-0.1, -0.05) is 34.1 Å². The Bertz CT molecular complexity index is 1060. The zero-order valence-electron chi connectivity index (χ0n) is 26.6. The van der Waals surface area contributed by atoms with E-state index in [1.165, 1.54) is 21.7 Å². The second-order valence-electron chi connectivity index (χ2n) is 12.4. The number of ether oxygens (including phenoxy) is 2. The van der Waals surface area contributed by atoms with Crippen LogP contribution in [0.15, 0.2) is 0 Å². The van der Waals surface area contributed by atoms with Crippen LogP contribution in [0.3, 0.4) is 0 Å². The van der Waals surface area contributed by atoms with Crippen LogP contribution in [0.1, 0.15) is 73.1 Å². The molecule has 0 spiro atoms. The molecule has 0 aromatic carbocycles. The van der Waals surface area contributed by atoms with Gasteiger partial charge in [0.05, 0.1) is 12.7 Å². The van der Waals surface area contributed by atoms with Crippen LogP contribution in [0.2, 0.25) is 0 Å². The molecule has 0 aromatic rings. The molecule has 7 atom stereocenters. The first-order chi connectivity index (χ1) is 20.3. The molecular weight excluding hydrogens is 558 g/mol. The second-order valence-corrected chi connectivity index (χ2v) is 12.4. The number of carbonyl (C=O) groups excluding carboxylic acids is 6. The molecule has 3 aliphatic rings. The fourth-order valence-electron chi connectivity index (χ4n) is 5.70. The number of amides is 5. The third-order valence-electron chi connectivity index (χ3n) is 8.86. The first-order valence-electron chi connectivity index (χ1n) is 15.5. The van der Waals surface area contributed by atoms with Crippen molar-refractivity contribution in [3.8, 4) is 0 Å². The molecule has 0 bridgehead atoms. The topological polar surface area (TPSA) is 158 Å². The van der Waals surface area contributed by atoms with Crippen LogP contribution in [0.25, 0.3) is 0 Å². The molecule has 0 aromatic heterocycles. The maximum atomic E-state index is 14.0. The van der Waals surface area contributed by atoms with Gasteiger partial charge in [0.25, 0.3) is 5.91 Å². The zero-order chi connectivity index (χ0) is 32.0. The summed E-state index contributed by atoms with van der Waals surface area (Å²) in [4.78, 5) is 84.7. The monoisotopic (exact) mass is 607 g/mol. The molecule has 242 valence electrons. The first-order valence-corrected chi connectivity index (χ1v) is 15.5. The van der Waals surface area contributed by atoms with E-state index in [-0.39, 0.29) is 43.7 Å². The number of nitrogens with zero attached hydrogens (tertiary/aromatic N) is 3. The molecule has 3 heterocycles. The van der Waals surface area contributed by atoms with E-state index < -0.39 is 65.8 Å². The maximum absolute atomic E-state index is 14.0. The van der Waals surface area contributed by atoms with Gasteiger partial charge in [-0.15, -0.1) is 0 Å². The maximum Gasteiger partial charge on any atom is 0.306 e. The highest BCUT2D eigenvalue weighted by Gasteiger charge is 2.43. The van der Waals surface area contributed by atoms with Crippen molar-refractivity contribution in [2.45, 2.75) is 110 Å². The minimum Gasteiger partial charge on any atom is -0.452 e. The van der Waals surface area contributed by atoms with Crippen molar-refractivity contribution in [3.05, 3.63) is 0 Å². The molecule has 3 fully saturated rings. The standard InChI is InChI=1S/C30H49N5O8/c1-8-18(4)24-29(40)34(7)25(17(2)3)30(41)33(6)19(5)26(37)31-13-9-12-23(36)43-22(15-20-16-42-20)28(39)35-14-10-11-21(35)27(38)32-24/h17-22,24-25H,8-16H2,1-7H3,(H,31,37)(H,32,38)/t18-,19-,20?,21-,22+,24-,25-/m0/s1. The van der Waals surface area contributed by atoms with Gasteiger partial charge in [-0.05, 0) is 38.0 Å². The molecule has 0 radical (unpaired) electrons. The lowest BCUT2D eigenvalue weighted by atomic mass is 9.94. The third kappa shape index (κ3) is 8.45. The lowest BCUT2D eigenvalue weighted by Crippen LogP contribution is -2.61. The lowest BCUT2D eigenvalue weighted by Gasteiger charge is -2.38. The minimum absolute atomic E-state index is 0.0262. The van der Waals surface area contributed by atoms with E-state index in [1.807, 2.05) is 27.7 Å². The summed E-state index contributed by atoms with van der Waals surface area (Å²) in [7, 11) is 3.06. The molecule has 1 unspecified atom stereocenters. The van der Waals surface area contributed by atoms with Gasteiger partial charge in [0.1, 0.15) is 24.2 Å². The Morgan fingerprint density at radius 3 is 2.21 bits per heavy atom. The molecule has 5 amide bonds. The Hall–Kier alpha value is -3.22. The summed E-state index contributed by atoms with van der Waals surface area (Å²) in [6.45, 7) is 9.96. The van der Waals surface area contributed by atoms with Crippen LogP contribution >= 0.6 is 0 Å². The fraction of sp³-hybridized carbons (Fsp3) is 0.800. The van der Waals surface area contributed by atoms with E-state index in [0.717, 1.165) is 0 Å². The second kappa shape index (κ2) is 15.0. The van der Waals surface area contributed by atoms with Crippen LogP contribution in [0.4, 0.5) is 0 Å². The quantitative estimate of drug-likeness (QED) is 0.337. The van der Waals surface area contributed by atoms with Gasteiger partial charge in [-0.3, -0.25) is 28.8 Å². The Balaban J connectivity index is 1.96. The molecule has 0 saturated carbocycles. The van der Waals surface area contributed by atoms with Crippen LogP contribution in [0, 0.1) is 11.8 Å². The average Bonchev–Trinajstić information content (AvgIpc) is 3.65. The number of hydrogen-bond acceptors (Lipinski definition) is 8. The molecule has 43 heavy (non-hydrogen) atoms. The highest BCUT2D eigenvalue weighted by atomic mass is 16.6. The number of rotatable bonds is 5. The summed E-state index contributed by atoms with van der Waals surface area (Å²) in [6.07, 6.45) is 0.714. The minimum atomic E-state index is -1.10. The Morgan fingerprint density at radius 1 is 0.930 bits per heavy atom. The van der Waals surface area contributed by atoms with Crippen molar-refractivity contribution in [3.63, 3.8) is 0 Å². The van der Waals surface area contributed by atoms with Crippen molar-refractivity contribution >= 4 is 35.5 Å². The van der Waals surface area contributed by atoms with E-state index >= 15 is 0 Å². The number of likely N-dealkylation sites (N-methyl/N-ethyl adjacent to an activating group) is 2. The molecular formula is C30H49N5O8. The van der Waals surface area contributed by atoms with E-state index in [0.29, 0.717) is 32.4 Å². The number of esters is 1. The predicted molar refractivity (Wildman–Crippen MR) is 156 cm³/mol. The van der Waals surface area contributed by atoms with Gasteiger partial charge in [0.15, 0.2) is 6.10 Å². The number of nitrogens with one attached hydrogen (secondary N) is 2. The van der Waals surface area contributed by atoms with E-state index in [4.69, 9.17) is 9.47 Å². The van der Waals surface area contributed by atoms with Crippen molar-refractivity contribution in [2.24, 2.45) is 11.8 Å². The molecule has 13 heteroatoms. The van der Waals surface area contributed by atoms with Gasteiger partial charge in [-0.2, -0.15) is 0 Å². The van der Waals surface area contributed by atoms with Crippen molar-refractivity contribution in [1.82, 2.24) is 25.3 Å². The Labute approximate surface area is 254 Å². The van der Waals surface area contributed by atoms with Gasteiger partial charge >= 0.3 is 5.97 Å². The van der Waals surface area contributed by atoms with Gasteiger partial charge < -0.3 is 34.8 Å². The molecule has 3 aliphatic heterocycles. The largest absolute Gasteiger partial charge is 0.452 e. The highest BCUT2D eigenvalue weighted by Crippen LogP contribution is 2.25. The summed E-state index contributed by atoms with van der Waals surface area (Å²) in [5.41, 5.74) is 0. The van der Waals surface area contributed by atoms with Crippen LogP contribution in [-0.2, 0) is 38.2 Å². The van der Waals surface area contributed by atoms with Crippen molar-refractivity contribution in [1.29, 1.82) is 0 Å². The zero-order valence-corrected chi connectivity index (χ0v) is 26.6. The van der Waals surface area contributed by atoms with Gasteiger partial charge in [0.2, 0.25) is 23.6 Å². The van der Waals surface area contributed by atoms with Crippen LogP contribution in [-0.4, -0.2) is 120 Å². The molecule has 13 nitrogen and oxygen atoms in total. The van der Waals surface area contributed by atoms with Crippen LogP contribution < -0.4 is 10.6 Å². The van der Waals surface area contributed by atoms with Gasteiger partial charge in [-0.25, -0.2) is 0 Å². The van der Waals surface area contributed by atoms with E-state index in [9.17, 15) is 28.8 Å². The number of carbonyl (C=O) groups is 6.